The minimum atomic E-state index is 0.377. The van der Waals surface area contributed by atoms with E-state index < -0.39 is 0 Å². The average Bonchev–Trinajstić information content (AvgIpc) is 2.75. The molecule has 0 aromatic heterocycles. The van der Waals surface area contributed by atoms with E-state index in [9.17, 15) is 0 Å². The minimum absolute atomic E-state index is 0.377. The van der Waals surface area contributed by atoms with Crippen LogP contribution in [0.1, 0.15) is 31.7 Å². The molecule has 2 aliphatic heterocycles. The standard InChI is InChI=1S/C18H28N2O.C6H6/c1-2-3-10-19-11-13-20(14-12-19)15-17-9-8-16-6-4-5-7-18(16)21-17;1-2-4-6-5-3-1/h4-7,17H,2-3,8-15H2,1H3;1-6H. The molecule has 0 N–H and O–H groups in total. The fourth-order valence-electron chi connectivity index (χ4n) is 3.76. The van der Waals surface area contributed by atoms with Gasteiger partial charge in [-0.25, -0.2) is 0 Å². The number of nitrogens with zero attached hydrogens (tertiary/aromatic N) is 2. The van der Waals surface area contributed by atoms with E-state index in [4.69, 9.17) is 4.74 Å². The van der Waals surface area contributed by atoms with Gasteiger partial charge in [-0.05, 0) is 37.4 Å². The molecular weight excluding hydrogens is 332 g/mol. The SMILES string of the molecule is CCCCN1CCN(CC2CCc3ccccc3O2)CC1.c1ccccc1. The zero-order valence-corrected chi connectivity index (χ0v) is 16.7. The molecule has 146 valence electrons. The zero-order valence-electron chi connectivity index (χ0n) is 16.7. The van der Waals surface area contributed by atoms with Gasteiger partial charge in [-0.1, -0.05) is 67.9 Å². The summed E-state index contributed by atoms with van der Waals surface area (Å²) in [4.78, 5) is 5.19. The second kappa shape index (κ2) is 11.1. The van der Waals surface area contributed by atoms with Crippen molar-refractivity contribution >= 4 is 0 Å². The van der Waals surface area contributed by atoms with Crippen LogP contribution in [0.15, 0.2) is 60.7 Å². The Morgan fingerprint density at radius 2 is 1.48 bits per heavy atom. The Bertz CT molecular complexity index is 611. The van der Waals surface area contributed by atoms with Crippen molar-refractivity contribution in [1.82, 2.24) is 9.80 Å². The van der Waals surface area contributed by atoms with E-state index in [-0.39, 0.29) is 0 Å². The van der Waals surface area contributed by atoms with Gasteiger partial charge in [0.25, 0.3) is 0 Å². The zero-order chi connectivity index (χ0) is 18.7. The Morgan fingerprint density at radius 3 is 2.15 bits per heavy atom. The monoisotopic (exact) mass is 366 g/mol. The van der Waals surface area contributed by atoms with Crippen LogP contribution in [0.2, 0.25) is 0 Å². The molecule has 1 fully saturated rings. The Kier molecular flexibility index (Phi) is 8.19. The lowest BCUT2D eigenvalue weighted by molar-refractivity contribution is 0.0742. The number of rotatable bonds is 5. The molecule has 27 heavy (non-hydrogen) atoms. The van der Waals surface area contributed by atoms with Gasteiger partial charge in [-0.2, -0.15) is 0 Å². The lowest BCUT2D eigenvalue weighted by Crippen LogP contribution is -2.49. The van der Waals surface area contributed by atoms with Crippen molar-refractivity contribution in [2.75, 3.05) is 39.3 Å². The molecule has 0 spiro atoms. The van der Waals surface area contributed by atoms with Crippen LogP contribution in [0.5, 0.6) is 5.75 Å². The summed E-state index contributed by atoms with van der Waals surface area (Å²) >= 11 is 0. The third-order valence-corrected chi connectivity index (χ3v) is 5.42. The summed E-state index contributed by atoms with van der Waals surface area (Å²) in [5.41, 5.74) is 1.37. The Morgan fingerprint density at radius 1 is 0.852 bits per heavy atom. The summed E-state index contributed by atoms with van der Waals surface area (Å²) in [7, 11) is 0. The van der Waals surface area contributed by atoms with Crippen LogP contribution in [-0.2, 0) is 6.42 Å². The topological polar surface area (TPSA) is 15.7 Å². The second-order valence-electron chi connectivity index (χ2n) is 7.54. The Labute approximate surface area is 164 Å². The van der Waals surface area contributed by atoms with Crippen LogP contribution in [0, 0.1) is 0 Å². The molecule has 1 saturated heterocycles. The van der Waals surface area contributed by atoms with E-state index in [2.05, 4.69) is 41.0 Å². The summed E-state index contributed by atoms with van der Waals surface area (Å²) in [6, 6.07) is 20.5. The maximum absolute atomic E-state index is 6.17. The predicted octanol–water partition coefficient (Wildman–Crippen LogP) is 4.48. The number of hydrogen-bond donors (Lipinski definition) is 0. The van der Waals surface area contributed by atoms with Gasteiger partial charge in [0.1, 0.15) is 11.9 Å². The first-order valence-corrected chi connectivity index (χ1v) is 10.5. The molecule has 0 radical (unpaired) electrons. The molecule has 1 atom stereocenters. The summed E-state index contributed by atoms with van der Waals surface area (Å²) in [5, 5.41) is 0. The lowest BCUT2D eigenvalue weighted by atomic mass is 10.0. The Balaban J connectivity index is 0.000000299. The summed E-state index contributed by atoms with van der Waals surface area (Å²) < 4.78 is 6.17. The molecule has 0 amide bonds. The molecule has 0 saturated carbocycles. The number of ether oxygens (including phenoxy) is 1. The van der Waals surface area contributed by atoms with E-state index in [1.807, 2.05) is 36.4 Å². The van der Waals surface area contributed by atoms with Crippen molar-refractivity contribution in [3.8, 4) is 5.75 Å². The van der Waals surface area contributed by atoms with Crippen LogP contribution in [0.3, 0.4) is 0 Å². The van der Waals surface area contributed by atoms with Crippen LogP contribution in [0.25, 0.3) is 0 Å². The van der Waals surface area contributed by atoms with Crippen molar-refractivity contribution in [3.05, 3.63) is 66.2 Å². The molecule has 2 aromatic carbocycles. The largest absolute Gasteiger partial charge is 0.489 e. The lowest BCUT2D eigenvalue weighted by Gasteiger charge is -2.37. The van der Waals surface area contributed by atoms with Crippen molar-refractivity contribution in [1.29, 1.82) is 0 Å². The fourth-order valence-corrected chi connectivity index (χ4v) is 3.76. The first-order valence-electron chi connectivity index (χ1n) is 10.5. The fraction of sp³-hybridized carbons (Fsp3) is 0.500. The summed E-state index contributed by atoms with van der Waals surface area (Å²) in [6.45, 7) is 9.49. The number of piperazine rings is 1. The van der Waals surface area contributed by atoms with E-state index >= 15 is 0 Å². The van der Waals surface area contributed by atoms with Crippen LogP contribution in [-0.4, -0.2) is 55.2 Å². The Hall–Kier alpha value is -1.84. The number of hydrogen-bond acceptors (Lipinski definition) is 3. The molecule has 1 unspecified atom stereocenters. The van der Waals surface area contributed by atoms with Gasteiger partial charge in [0.2, 0.25) is 0 Å². The number of benzene rings is 2. The van der Waals surface area contributed by atoms with Gasteiger partial charge in [0, 0.05) is 32.7 Å². The molecule has 2 aliphatic rings. The summed E-state index contributed by atoms with van der Waals surface area (Å²) in [6.07, 6.45) is 5.34. The van der Waals surface area contributed by atoms with Crippen molar-refractivity contribution < 1.29 is 4.74 Å². The normalized spacial score (nSPS) is 20.1. The molecule has 0 aliphatic carbocycles. The minimum Gasteiger partial charge on any atom is -0.489 e. The number of aryl methyl sites for hydroxylation is 1. The smallest absolute Gasteiger partial charge is 0.122 e. The summed E-state index contributed by atoms with van der Waals surface area (Å²) in [5.74, 6) is 1.11. The molecular formula is C24H34N2O. The van der Waals surface area contributed by atoms with Crippen LogP contribution >= 0.6 is 0 Å². The van der Waals surface area contributed by atoms with Gasteiger partial charge in [-0.3, -0.25) is 4.90 Å². The highest BCUT2D eigenvalue weighted by molar-refractivity contribution is 5.35. The maximum Gasteiger partial charge on any atom is 0.122 e. The van der Waals surface area contributed by atoms with Gasteiger partial charge in [0.05, 0.1) is 0 Å². The predicted molar refractivity (Wildman–Crippen MR) is 113 cm³/mol. The maximum atomic E-state index is 6.17. The molecule has 2 heterocycles. The van der Waals surface area contributed by atoms with E-state index in [0.29, 0.717) is 6.10 Å². The molecule has 4 rings (SSSR count). The second-order valence-corrected chi connectivity index (χ2v) is 7.54. The molecule has 0 bridgehead atoms. The van der Waals surface area contributed by atoms with E-state index in [1.165, 1.54) is 51.1 Å². The van der Waals surface area contributed by atoms with Crippen LogP contribution < -0.4 is 4.74 Å². The number of fused-ring (bicyclic) bond motifs is 1. The van der Waals surface area contributed by atoms with Gasteiger partial charge in [0.15, 0.2) is 0 Å². The van der Waals surface area contributed by atoms with Crippen molar-refractivity contribution in [2.45, 2.75) is 38.7 Å². The third kappa shape index (κ3) is 6.67. The first kappa shape index (κ1) is 19.9. The highest BCUT2D eigenvalue weighted by Crippen LogP contribution is 2.27. The van der Waals surface area contributed by atoms with Gasteiger partial charge < -0.3 is 9.64 Å². The van der Waals surface area contributed by atoms with E-state index in [0.717, 1.165) is 25.1 Å². The van der Waals surface area contributed by atoms with E-state index in [1.54, 1.807) is 0 Å². The van der Waals surface area contributed by atoms with Crippen molar-refractivity contribution in [3.63, 3.8) is 0 Å². The van der Waals surface area contributed by atoms with Gasteiger partial charge >= 0.3 is 0 Å². The molecule has 3 heteroatoms. The third-order valence-electron chi connectivity index (χ3n) is 5.42. The van der Waals surface area contributed by atoms with Crippen molar-refractivity contribution in [2.24, 2.45) is 0 Å². The van der Waals surface area contributed by atoms with Gasteiger partial charge in [-0.15, -0.1) is 0 Å². The number of para-hydroxylation sites is 1. The highest BCUT2D eigenvalue weighted by Gasteiger charge is 2.24. The molecule has 3 nitrogen and oxygen atoms in total. The van der Waals surface area contributed by atoms with Crippen LogP contribution in [0.4, 0.5) is 0 Å². The first-order chi connectivity index (χ1) is 13.3. The molecule has 2 aromatic rings. The number of unbranched alkanes of at least 4 members (excludes halogenated alkanes) is 1. The highest BCUT2D eigenvalue weighted by atomic mass is 16.5. The average molecular weight is 367 g/mol. The quantitative estimate of drug-likeness (QED) is 0.776.